The molecule has 1 amide bonds. The molecule has 0 bridgehead atoms. The Bertz CT molecular complexity index is 974. The summed E-state index contributed by atoms with van der Waals surface area (Å²) in [5.74, 6) is 0.0325. The van der Waals surface area contributed by atoms with Gasteiger partial charge in [-0.25, -0.2) is 4.98 Å². The van der Waals surface area contributed by atoms with E-state index in [-0.39, 0.29) is 18.3 Å². The number of aromatic nitrogens is 2. The van der Waals surface area contributed by atoms with Crippen molar-refractivity contribution in [2.45, 2.75) is 25.2 Å². The average molecular weight is 436 g/mol. The Labute approximate surface area is 177 Å². The number of anilines is 1. The highest BCUT2D eigenvalue weighted by Gasteiger charge is 2.12. The van der Waals surface area contributed by atoms with Gasteiger partial charge in [0.15, 0.2) is 5.16 Å². The van der Waals surface area contributed by atoms with Crippen molar-refractivity contribution in [2.75, 3.05) is 11.1 Å². The molecule has 1 aromatic heterocycles. The predicted octanol–water partition coefficient (Wildman–Crippen LogP) is 4.77. The Morgan fingerprint density at radius 1 is 1.21 bits per heavy atom. The molecule has 0 spiro atoms. The number of hydrogen-bond acceptors (Lipinski definition) is 4. The first-order valence-corrected chi connectivity index (χ1v) is 10.3. The molecule has 2 aromatic carbocycles. The van der Waals surface area contributed by atoms with Gasteiger partial charge < -0.3 is 15.0 Å². The van der Waals surface area contributed by atoms with Crippen molar-refractivity contribution in [3.63, 3.8) is 0 Å². The van der Waals surface area contributed by atoms with Gasteiger partial charge in [-0.15, -0.1) is 0 Å². The second-order valence-corrected chi connectivity index (χ2v) is 8.01. The van der Waals surface area contributed by atoms with Gasteiger partial charge in [-0.05, 0) is 42.3 Å². The van der Waals surface area contributed by atoms with E-state index in [0.717, 1.165) is 11.1 Å². The number of nitrogens with one attached hydrogen (secondary N) is 1. The van der Waals surface area contributed by atoms with E-state index < -0.39 is 0 Å². The number of carbonyl (C=O) groups excluding carboxylic acids is 1. The quantitative estimate of drug-likeness (QED) is 0.524. The maximum Gasteiger partial charge on any atom is 0.234 e. The number of hydrogen-bond donors (Lipinski definition) is 2. The average Bonchev–Trinajstić information content (AvgIpc) is 3.07. The topological polar surface area (TPSA) is 67.2 Å². The first-order valence-electron chi connectivity index (χ1n) is 8.55. The summed E-state index contributed by atoms with van der Waals surface area (Å²) in [5, 5.41) is 14.2. The number of aryl methyl sites for hydroxylation is 1. The molecule has 0 aliphatic rings. The fourth-order valence-electron chi connectivity index (χ4n) is 2.54. The lowest BCUT2D eigenvalue weighted by molar-refractivity contribution is -0.113. The Balaban J connectivity index is 1.65. The standard InChI is InChI=1S/C20H19Cl2N3O2S/c1-13-2-7-16(8-18(13)22)23-19(27)12-28-20-24-17(11-26)10-25(20)9-14-3-5-15(21)6-4-14/h2-8,10,26H,9,11-12H2,1H3,(H,23,27). The fourth-order valence-corrected chi connectivity index (χ4v) is 3.64. The second-order valence-electron chi connectivity index (χ2n) is 6.23. The smallest absolute Gasteiger partial charge is 0.234 e. The summed E-state index contributed by atoms with van der Waals surface area (Å²) in [7, 11) is 0. The van der Waals surface area contributed by atoms with Crippen molar-refractivity contribution in [1.82, 2.24) is 9.55 Å². The maximum atomic E-state index is 12.3. The van der Waals surface area contributed by atoms with Crippen LogP contribution < -0.4 is 5.32 Å². The van der Waals surface area contributed by atoms with E-state index in [4.69, 9.17) is 23.2 Å². The highest BCUT2D eigenvalue weighted by molar-refractivity contribution is 7.99. The van der Waals surface area contributed by atoms with Crippen LogP contribution in [-0.2, 0) is 17.9 Å². The summed E-state index contributed by atoms with van der Waals surface area (Å²) < 4.78 is 1.91. The normalized spacial score (nSPS) is 10.9. The zero-order valence-electron chi connectivity index (χ0n) is 15.2. The molecule has 146 valence electrons. The minimum atomic E-state index is -0.158. The van der Waals surface area contributed by atoms with Gasteiger partial charge in [0.05, 0.1) is 18.1 Å². The number of aliphatic hydroxyl groups is 1. The van der Waals surface area contributed by atoms with Crippen LogP contribution in [0, 0.1) is 6.92 Å². The Morgan fingerprint density at radius 2 is 1.96 bits per heavy atom. The van der Waals surface area contributed by atoms with Crippen LogP contribution in [-0.4, -0.2) is 26.3 Å². The molecule has 0 atom stereocenters. The molecule has 3 aromatic rings. The van der Waals surface area contributed by atoms with Crippen LogP contribution in [0.1, 0.15) is 16.8 Å². The SMILES string of the molecule is Cc1ccc(NC(=O)CSc2nc(CO)cn2Cc2ccc(Cl)cc2)cc1Cl. The minimum absolute atomic E-state index is 0.156. The Morgan fingerprint density at radius 3 is 2.64 bits per heavy atom. The molecule has 28 heavy (non-hydrogen) atoms. The van der Waals surface area contributed by atoms with Crippen molar-refractivity contribution in [2.24, 2.45) is 0 Å². The summed E-state index contributed by atoms with van der Waals surface area (Å²) in [5.41, 5.74) is 3.21. The van der Waals surface area contributed by atoms with Crippen LogP contribution in [0.15, 0.2) is 53.8 Å². The third-order valence-electron chi connectivity index (χ3n) is 4.01. The minimum Gasteiger partial charge on any atom is -0.390 e. The van der Waals surface area contributed by atoms with Crippen LogP contribution in [0.25, 0.3) is 0 Å². The Kier molecular flexibility index (Phi) is 7.02. The lowest BCUT2D eigenvalue weighted by Gasteiger charge is -2.09. The summed E-state index contributed by atoms with van der Waals surface area (Å²) in [6.45, 7) is 2.32. The largest absolute Gasteiger partial charge is 0.390 e. The first-order chi connectivity index (χ1) is 13.4. The number of carbonyl (C=O) groups is 1. The fraction of sp³-hybridized carbons (Fsp3) is 0.200. The number of nitrogens with zero attached hydrogens (tertiary/aromatic N) is 2. The number of imidazole rings is 1. The van der Waals surface area contributed by atoms with Crippen LogP contribution in [0.3, 0.4) is 0 Å². The number of aliphatic hydroxyl groups excluding tert-OH is 1. The van der Waals surface area contributed by atoms with E-state index >= 15 is 0 Å². The summed E-state index contributed by atoms with van der Waals surface area (Å²) in [6.07, 6.45) is 1.79. The van der Waals surface area contributed by atoms with Crippen LogP contribution in [0.4, 0.5) is 5.69 Å². The number of thioether (sulfide) groups is 1. The van der Waals surface area contributed by atoms with Gasteiger partial charge in [0.1, 0.15) is 0 Å². The maximum absolute atomic E-state index is 12.3. The zero-order valence-corrected chi connectivity index (χ0v) is 17.5. The van der Waals surface area contributed by atoms with E-state index in [1.807, 2.05) is 47.9 Å². The van der Waals surface area contributed by atoms with Crippen LogP contribution >= 0.6 is 35.0 Å². The van der Waals surface area contributed by atoms with Gasteiger partial charge in [-0.2, -0.15) is 0 Å². The summed E-state index contributed by atoms with van der Waals surface area (Å²) in [4.78, 5) is 16.7. The summed E-state index contributed by atoms with van der Waals surface area (Å²) >= 11 is 13.3. The molecule has 2 N–H and O–H groups in total. The van der Waals surface area contributed by atoms with Gasteiger partial charge in [0.2, 0.25) is 5.91 Å². The monoisotopic (exact) mass is 435 g/mol. The van der Waals surface area contributed by atoms with Gasteiger partial charge in [0, 0.05) is 28.5 Å². The molecule has 0 saturated carbocycles. The Hall–Kier alpha value is -1.99. The van der Waals surface area contributed by atoms with Gasteiger partial charge >= 0.3 is 0 Å². The second kappa shape index (κ2) is 9.47. The molecule has 0 saturated heterocycles. The molecular formula is C20H19Cl2N3O2S. The van der Waals surface area contributed by atoms with Crippen molar-refractivity contribution in [3.8, 4) is 0 Å². The summed E-state index contributed by atoms with van der Waals surface area (Å²) in [6, 6.07) is 12.9. The van der Waals surface area contributed by atoms with Gasteiger partial charge in [-0.1, -0.05) is 53.2 Å². The van der Waals surface area contributed by atoms with Crippen molar-refractivity contribution in [1.29, 1.82) is 0 Å². The molecule has 0 aliphatic heterocycles. The highest BCUT2D eigenvalue weighted by atomic mass is 35.5. The van der Waals surface area contributed by atoms with E-state index in [1.54, 1.807) is 12.3 Å². The van der Waals surface area contributed by atoms with E-state index in [9.17, 15) is 9.90 Å². The van der Waals surface area contributed by atoms with E-state index in [1.165, 1.54) is 11.8 Å². The first kappa shape index (κ1) is 20.7. The molecule has 0 unspecified atom stereocenters. The lowest BCUT2D eigenvalue weighted by atomic mass is 10.2. The molecule has 0 fully saturated rings. The van der Waals surface area contributed by atoms with Crippen molar-refractivity contribution < 1.29 is 9.90 Å². The number of amides is 1. The molecule has 8 heteroatoms. The molecule has 0 aliphatic carbocycles. The number of halogens is 2. The molecule has 3 rings (SSSR count). The van der Waals surface area contributed by atoms with Crippen molar-refractivity contribution in [3.05, 3.63) is 75.5 Å². The molecular weight excluding hydrogens is 417 g/mol. The zero-order chi connectivity index (χ0) is 20.1. The third kappa shape index (κ3) is 5.52. The van der Waals surface area contributed by atoms with Crippen molar-refractivity contribution >= 4 is 46.6 Å². The predicted molar refractivity (Wildman–Crippen MR) is 114 cm³/mol. The number of benzene rings is 2. The lowest BCUT2D eigenvalue weighted by Crippen LogP contribution is -2.14. The van der Waals surface area contributed by atoms with E-state index in [0.29, 0.717) is 33.1 Å². The highest BCUT2D eigenvalue weighted by Crippen LogP contribution is 2.22. The molecule has 1 heterocycles. The molecule has 5 nitrogen and oxygen atoms in total. The molecule has 0 radical (unpaired) electrons. The van der Waals surface area contributed by atoms with Crippen LogP contribution in [0.2, 0.25) is 10.0 Å². The number of rotatable bonds is 7. The van der Waals surface area contributed by atoms with E-state index in [2.05, 4.69) is 10.3 Å². The van der Waals surface area contributed by atoms with Gasteiger partial charge in [0.25, 0.3) is 0 Å². The third-order valence-corrected chi connectivity index (χ3v) is 5.66. The van der Waals surface area contributed by atoms with Crippen LogP contribution in [0.5, 0.6) is 0 Å². The van der Waals surface area contributed by atoms with Gasteiger partial charge in [-0.3, -0.25) is 4.79 Å².